The van der Waals surface area contributed by atoms with Gasteiger partial charge in [-0.25, -0.2) is 14.0 Å². The van der Waals surface area contributed by atoms with Crippen molar-refractivity contribution in [2.24, 2.45) is 0 Å². The first-order valence-electron chi connectivity index (χ1n) is 7.99. The van der Waals surface area contributed by atoms with Crippen LogP contribution in [0.5, 0.6) is 0 Å². The molecule has 0 bridgehead atoms. The van der Waals surface area contributed by atoms with Crippen molar-refractivity contribution in [1.82, 2.24) is 0 Å². The van der Waals surface area contributed by atoms with Crippen molar-refractivity contribution in [3.8, 4) is 0 Å². The maximum absolute atomic E-state index is 13.1. The fourth-order valence-corrected chi connectivity index (χ4v) is 1.99. The number of nitrogens with one attached hydrogen (secondary N) is 1. The topological polar surface area (TPSA) is 81.7 Å². The zero-order valence-electron chi connectivity index (χ0n) is 14.2. The summed E-state index contributed by atoms with van der Waals surface area (Å²) in [5.41, 5.74) is 0.825. The third-order valence-corrected chi connectivity index (χ3v) is 3.24. The van der Waals surface area contributed by atoms with E-state index in [0.29, 0.717) is 17.9 Å². The Hall–Kier alpha value is -3.22. The highest BCUT2D eigenvalue weighted by Gasteiger charge is 2.12. The lowest BCUT2D eigenvalue weighted by atomic mass is 10.2. The second-order valence-corrected chi connectivity index (χ2v) is 5.35. The van der Waals surface area contributed by atoms with E-state index in [2.05, 4.69) is 5.32 Å². The molecule has 1 amide bonds. The number of halogens is 1. The monoisotopic (exact) mass is 359 g/mol. The van der Waals surface area contributed by atoms with E-state index in [1.807, 2.05) is 6.92 Å². The standard InChI is InChI=1S/C19H18FNO5/c1-2-10-25-18(23)13-6-8-16(9-7-13)21-17(22)12-26-19(24)14-4-3-5-15(20)11-14/h3-9,11H,2,10,12H2,1H3,(H,21,22). The molecule has 0 atom stereocenters. The van der Waals surface area contributed by atoms with Gasteiger partial charge in [-0.05, 0) is 48.9 Å². The Labute approximate surface area is 149 Å². The number of ether oxygens (including phenoxy) is 2. The van der Waals surface area contributed by atoms with Gasteiger partial charge in [0.05, 0.1) is 17.7 Å². The number of anilines is 1. The van der Waals surface area contributed by atoms with Gasteiger partial charge in [0.15, 0.2) is 6.61 Å². The highest BCUT2D eigenvalue weighted by atomic mass is 19.1. The summed E-state index contributed by atoms with van der Waals surface area (Å²) in [7, 11) is 0. The Bertz CT molecular complexity index is 789. The van der Waals surface area contributed by atoms with Gasteiger partial charge in [-0.2, -0.15) is 0 Å². The van der Waals surface area contributed by atoms with Crippen molar-refractivity contribution >= 4 is 23.5 Å². The minimum atomic E-state index is -0.798. The van der Waals surface area contributed by atoms with E-state index in [0.717, 1.165) is 12.5 Å². The molecule has 0 spiro atoms. The van der Waals surface area contributed by atoms with Crippen LogP contribution in [0.25, 0.3) is 0 Å². The van der Waals surface area contributed by atoms with E-state index < -0.39 is 30.3 Å². The second kappa shape index (κ2) is 9.31. The van der Waals surface area contributed by atoms with Crippen molar-refractivity contribution in [3.05, 3.63) is 65.5 Å². The molecule has 2 aromatic rings. The van der Waals surface area contributed by atoms with Crippen LogP contribution < -0.4 is 5.32 Å². The van der Waals surface area contributed by atoms with Crippen molar-refractivity contribution in [3.63, 3.8) is 0 Å². The van der Waals surface area contributed by atoms with Crippen LogP contribution >= 0.6 is 0 Å². The molecule has 0 radical (unpaired) electrons. The van der Waals surface area contributed by atoms with Crippen molar-refractivity contribution < 1.29 is 28.2 Å². The number of hydrogen-bond donors (Lipinski definition) is 1. The number of amides is 1. The first-order valence-corrected chi connectivity index (χ1v) is 7.99. The first kappa shape index (κ1) is 19.1. The van der Waals surface area contributed by atoms with Crippen LogP contribution in [0.3, 0.4) is 0 Å². The Morgan fingerprint density at radius 1 is 0.962 bits per heavy atom. The summed E-state index contributed by atoms with van der Waals surface area (Å²) in [6, 6.07) is 11.1. The molecule has 136 valence electrons. The highest BCUT2D eigenvalue weighted by molar-refractivity contribution is 5.96. The Morgan fingerprint density at radius 3 is 2.31 bits per heavy atom. The van der Waals surface area contributed by atoms with Crippen molar-refractivity contribution in [2.45, 2.75) is 13.3 Å². The first-order chi connectivity index (χ1) is 12.5. The number of carbonyl (C=O) groups excluding carboxylic acids is 3. The summed E-state index contributed by atoms with van der Waals surface area (Å²) in [5.74, 6) is -2.36. The van der Waals surface area contributed by atoms with Gasteiger partial charge in [0.1, 0.15) is 5.82 Å². The molecule has 6 nitrogen and oxygen atoms in total. The van der Waals surface area contributed by atoms with Crippen molar-refractivity contribution in [2.75, 3.05) is 18.5 Å². The maximum atomic E-state index is 13.1. The van der Waals surface area contributed by atoms with Crippen LogP contribution in [0.2, 0.25) is 0 Å². The molecule has 0 aliphatic heterocycles. The molecule has 0 saturated heterocycles. The molecule has 0 unspecified atom stereocenters. The molecule has 0 fully saturated rings. The number of hydrogen-bond acceptors (Lipinski definition) is 5. The largest absolute Gasteiger partial charge is 0.462 e. The fraction of sp³-hybridized carbons (Fsp3) is 0.211. The molecule has 0 heterocycles. The number of rotatable bonds is 7. The molecule has 0 aliphatic rings. The van der Waals surface area contributed by atoms with Crippen molar-refractivity contribution in [1.29, 1.82) is 0 Å². The summed E-state index contributed by atoms with van der Waals surface area (Å²) in [6.07, 6.45) is 0.730. The number of carbonyl (C=O) groups is 3. The van der Waals surface area contributed by atoms with Gasteiger partial charge in [0, 0.05) is 5.69 Å². The van der Waals surface area contributed by atoms with Gasteiger partial charge in [0.25, 0.3) is 5.91 Å². The van der Waals surface area contributed by atoms with E-state index in [-0.39, 0.29) is 5.56 Å². The molecule has 7 heteroatoms. The lowest BCUT2D eigenvalue weighted by molar-refractivity contribution is -0.119. The minimum absolute atomic E-state index is 0.0211. The summed E-state index contributed by atoms with van der Waals surface area (Å²) in [6.45, 7) is 1.72. The molecule has 0 saturated carbocycles. The van der Waals surface area contributed by atoms with E-state index in [9.17, 15) is 18.8 Å². The predicted molar refractivity (Wildman–Crippen MR) is 92.3 cm³/mol. The van der Waals surface area contributed by atoms with E-state index in [1.54, 1.807) is 0 Å². The molecular formula is C19H18FNO5. The quantitative estimate of drug-likeness (QED) is 0.768. The average Bonchev–Trinajstić information content (AvgIpc) is 2.64. The van der Waals surface area contributed by atoms with Gasteiger partial charge >= 0.3 is 11.9 Å². The molecular weight excluding hydrogens is 341 g/mol. The molecule has 2 aromatic carbocycles. The number of benzene rings is 2. The van der Waals surface area contributed by atoms with Gasteiger partial charge < -0.3 is 14.8 Å². The average molecular weight is 359 g/mol. The maximum Gasteiger partial charge on any atom is 0.338 e. The van der Waals surface area contributed by atoms with Crippen LogP contribution in [0.1, 0.15) is 34.1 Å². The van der Waals surface area contributed by atoms with E-state index >= 15 is 0 Å². The highest BCUT2D eigenvalue weighted by Crippen LogP contribution is 2.11. The zero-order valence-corrected chi connectivity index (χ0v) is 14.2. The second-order valence-electron chi connectivity index (χ2n) is 5.35. The lowest BCUT2D eigenvalue weighted by Gasteiger charge is -2.08. The fourth-order valence-electron chi connectivity index (χ4n) is 1.99. The molecule has 1 N–H and O–H groups in total. The van der Waals surface area contributed by atoms with Gasteiger partial charge in [-0.15, -0.1) is 0 Å². The predicted octanol–water partition coefficient (Wildman–Crippen LogP) is 3.19. The summed E-state index contributed by atoms with van der Waals surface area (Å²) in [5, 5.41) is 2.53. The normalized spacial score (nSPS) is 10.1. The summed E-state index contributed by atoms with van der Waals surface area (Å²) >= 11 is 0. The third kappa shape index (κ3) is 5.70. The zero-order chi connectivity index (χ0) is 18.9. The Kier molecular flexibility index (Phi) is 6.84. The van der Waals surface area contributed by atoms with E-state index in [4.69, 9.17) is 9.47 Å². The van der Waals surface area contributed by atoms with Crippen LogP contribution in [-0.2, 0) is 14.3 Å². The molecule has 0 aliphatic carbocycles. The van der Waals surface area contributed by atoms with Crippen LogP contribution in [0, 0.1) is 5.82 Å². The summed E-state index contributed by atoms with van der Waals surface area (Å²) < 4.78 is 22.9. The Morgan fingerprint density at radius 2 is 1.65 bits per heavy atom. The molecule has 2 rings (SSSR count). The van der Waals surface area contributed by atoms with Crippen LogP contribution in [0.15, 0.2) is 48.5 Å². The lowest BCUT2D eigenvalue weighted by Crippen LogP contribution is -2.21. The third-order valence-electron chi connectivity index (χ3n) is 3.24. The van der Waals surface area contributed by atoms with Crippen LogP contribution in [0.4, 0.5) is 10.1 Å². The SMILES string of the molecule is CCCOC(=O)c1ccc(NC(=O)COC(=O)c2cccc(F)c2)cc1. The van der Waals surface area contributed by atoms with E-state index in [1.165, 1.54) is 42.5 Å². The van der Waals surface area contributed by atoms with Gasteiger partial charge in [0.2, 0.25) is 0 Å². The van der Waals surface area contributed by atoms with Gasteiger partial charge in [-0.3, -0.25) is 4.79 Å². The smallest absolute Gasteiger partial charge is 0.338 e. The number of esters is 2. The van der Waals surface area contributed by atoms with Crippen LogP contribution in [-0.4, -0.2) is 31.1 Å². The molecule has 0 aromatic heterocycles. The molecule has 26 heavy (non-hydrogen) atoms. The summed E-state index contributed by atoms with van der Waals surface area (Å²) in [4.78, 5) is 35.2. The minimum Gasteiger partial charge on any atom is -0.462 e. The van der Waals surface area contributed by atoms with Gasteiger partial charge in [-0.1, -0.05) is 13.0 Å². The Balaban J connectivity index is 1.84.